The molecular weight excluding hydrogens is 555 g/mol. The predicted octanol–water partition coefficient (Wildman–Crippen LogP) is 7.40. The fraction of sp³-hybridized carbons (Fsp3) is 0.333. The Kier molecular flexibility index (Phi) is 9.07. The Morgan fingerprint density at radius 2 is 1.56 bits per heavy atom. The molecule has 5 nitrogen and oxygen atoms in total. The number of nitrogens with zero attached hydrogens (tertiary/aromatic N) is 4. The summed E-state index contributed by atoms with van der Waals surface area (Å²) in [4.78, 5) is 24.5. The van der Waals surface area contributed by atoms with Gasteiger partial charge in [0.25, 0.3) is 5.91 Å². The van der Waals surface area contributed by atoms with Crippen LogP contribution in [0.1, 0.15) is 53.0 Å². The molecule has 2 heterocycles. The highest BCUT2D eigenvalue weighted by atomic mass is 35.5. The first-order valence-corrected chi connectivity index (χ1v) is 15.2. The summed E-state index contributed by atoms with van der Waals surface area (Å²) in [6.07, 6.45) is 0. The molecule has 0 aliphatic carbocycles. The van der Waals surface area contributed by atoms with Gasteiger partial charge in [-0.25, -0.2) is 9.37 Å². The number of piperazine rings is 1. The van der Waals surface area contributed by atoms with Gasteiger partial charge in [-0.3, -0.25) is 9.69 Å². The van der Waals surface area contributed by atoms with Gasteiger partial charge in [0.1, 0.15) is 16.5 Å². The highest BCUT2D eigenvalue weighted by molar-refractivity contribution is 7.09. The van der Waals surface area contributed by atoms with Crippen LogP contribution in [0, 0.1) is 5.82 Å². The van der Waals surface area contributed by atoms with Gasteiger partial charge in [-0.15, -0.1) is 11.3 Å². The highest BCUT2D eigenvalue weighted by Gasteiger charge is 2.24. The predicted molar refractivity (Wildman–Crippen MR) is 166 cm³/mol. The Morgan fingerprint density at radius 3 is 2.17 bits per heavy atom. The maximum absolute atomic E-state index is 13.5. The summed E-state index contributed by atoms with van der Waals surface area (Å²) in [6.45, 7) is 11.4. The van der Waals surface area contributed by atoms with Gasteiger partial charge >= 0.3 is 0 Å². The largest absolute Gasteiger partial charge is 0.368 e. The number of amides is 1. The number of carbonyl (C=O) groups excluding carboxylic acids is 1. The van der Waals surface area contributed by atoms with Crippen molar-refractivity contribution in [2.24, 2.45) is 0 Å². The lowest BCUT2D eigenvalue weighted by Gasteiger charge is -2.35. The van der Waals surface area contributed by atoms with E-state index in [1.165, 1.54) is 34.6 Å². The van der Waals surface area contributed by atoms with E-state index in [2.05, 4.69) is 54.8 Å². The van der Waals surface area contributed by atoms with Crippen LogP contribution < -0.4 is 4.90 Å². The summed E-state index contributed by atoms with van der Waals surface area (Å²) < 4.78 is 13.5. The minimum atomic E-state index is -0.241. The number of rotatable bonds is 8. The Hall–Kier alpha value is -3.26. The first-order chi connectivity index (χ1) is 19.6. The third-order valence-corrected chi connectivity index (χ3v) is 8.48. The van der Waals surface area contributed by atoms with Crippen LogP contribution in [0.15, 0.2) is 78.2 Å². The standard InChI is InChI=1S/C33H36ClFN4OS/c1-33(2,3)26-11-7-24(8-12-26)20-37(21-25-9-13-28(35)14-10-25)22-31-36-30(23-41-31)32(40)39-17-15-38(16-18-39)29-6-4-5-27(34)19-29/h4-14,19,23H,15-18,20-22H2,1-3H3. The summed E-state index contributed by atoms with van der Waals surface area (Å²) in [5.41, 5.74) is 5.20. The van der Waals surface area contributed by atoms with Crippen LogP contribution in [0.4, 0.5) is 10.1 Å². The summed E-state index contributed by atoms with van der Waals surface area (Å²) >= 11 is 7.68. The average molecular weight is 591 g/mol. The van der Waals surface area contributed by atoms with Crippen molar-refractivity contribution < 1.29 is 9.18 Å². The zero-order valence-corrected chi connectivity index (χ0v) is 25.4. The quantitative estimate of drug-likeness (QED) is 0.214. The summed E-state index contributed by atoms with van der Waals surface area (Å²) in [5, 5.41) is 3.47. The first-order valence-electron chi connectivity index (χ1n) is 13.9. The minimum Gasteiger partial charge on any atom is -0.368 e. The van der Waals surface area contributed by atoms with E-state index in [1.54, 1.807) is 0 Å². The van der Waals surface area contributed by atoms with Crippen molar-refractivity contribution >= 4 is 34.5 Å². The van der Waals surface area contributed by atoms with Crippen molar-refractivity contribution in [2.75, 3.05) is 31.1 Å². The van der Waals surface area contributed by atoms with Crippen LogP contribution >= 0.6 is 22.9 Å². The molecule has 0 radical (unpaired) electrons. The molecule has 8 heteroatoms. The SMILES string of the molecule is CC(C)(C)c1ccc(CN(Cc2ccc(F)cc2)Cc2nc(C(=O)N3CCN(c4cccc(Cl)c4)CC3)cs2)cc1. The normalized spacial score (nSPS) is 14.1. The molecule has 5 rings (SSSR count). The van der Waals surface area contributed by atoms with Crippen molar-refractivity contribution in [1.82, 2.24) is 14.8 Å². The zero-order chi connectivity index (χ0) is 29.0. The molecule has 0 bridgehead atoms. The van der Waals surface area contributed by atoms with Gasteiger partial charge in [0.05, 0.1) is 6.54 Å². The molecule has 4 aromatic rings. The number of thiazole rings is 1. The van der Waals surface area contributed by atoms with E-state index in [1.807, 2.05) is 46.7 Å². The number of carbonyl (C=O) groups is 1. The molecule has 214 valence electrons. The van der Waals surface area contributed by atoms with E-state index in [4.69, 9.17) is 16.6 Å². The van der Waals surface area contributed by atoms with Crippen molar-refractivity contribution in [1.29, 1.82) is 0 Å². The third kappa shape index (κ3) is 7.73. The average Bonchev–Trinajstić information content (AvgIpc) is 3.42. The van der Waals surface area contributed by atoms with Gasteiger partial charge in [-0.2, -0.15) is 0 Å². The molecule has 41 heavy (non-hydrogen) atoms. The highest BCUT2D eigenvalue weighted by Crippen LogP contribution is 2.25. The Labute approximate surface area is 251 Å². The first kappa shape index (κ1) is 29.2. The van der Waals surface area contributed by atoms with Crippen LogP contribution in [0.25, 0.3) is 0 Å². The molecule has 0 atom stereocenters. The monoisotopic (exact) mass is 590 g/mol. The van der Waals surface area contributed by atoms with Crippen LogP contribution in [0.3, 0.4) is 0 Å². The second kappa shape index (κ2) is 12.7. The lowest BCUT2D eigenvalue weighted by atomic mass is 9.87. The lowest BCUT2D eigenvalue weighted by Crippen LogP contribution is -2.48. The van der Waals surface area contributed by atoms with Crippen LogP contribution in [0.5, 0.6) is 0 Å². The fourth-order valence-corrected chi connectivity index (χ4v) is 6.05. The number of halogens is 2. The maximum atomic E-state index is 13.5. The molecule has 1 aromatic heterocycles. The number of aromatic nitrogens is 1. The van der Waals surface area contributed by atoms with E-state index >= 15 is 0 Å². The van der Waals surface area contributed by atoms with Crippen molar-refractivity contribution in [3.8, 4) is 0 Å². The summed E-state index contributed by atoms with van der Waals surface area (Å²) in [7, 11) is 0. The molecule has 1 fully saturated rings. The van der Waals surface area contributed by atoms with Crippen molar-refractivity contribution in [2.45, 2.75) is 45.8 Å². The summed E-state index contributed by atoms with van der Waals surface area (Å²) in [6, 6.07) is 23.2. The van der Waals surface area contributed by atoms with E-state index in [9.17, 15) is 9.18 Å². The Morgan fingerprint density at radius 1 is 0.927 bits per heavy atom. The van der Waals surface area contributed by atoms with E-state index in [0.717, 1.165) is 35.9 Å². The molecule has 0 saturated carbocycles. The van der Waals surface area contributed by atoms with Gasteiger partial charge in [0.15, 0.2) is 0 Å². The molecule has 0 N–H and O–H groups in total. The van der Waals surface area contributed by atoms with Crippen LogP contribution in [-0.4, -0.2) is 46.9 Å². The van der Waals surface area contributed by atoms with Gasteiger partial charge in [0.2, 0.25) is 0 Å². The molecule has 1 amide bonds. The zero-order valence-electron chi connectivity index (χ0n) is 23.8. The summed E-state index contributed by atoms with van der Waals surface area (Å²) in [5.74, 6) is -0.268. The lowest BCUT2D eigenvalue weighted by molar-refractivity contribution is 0.0741. The fourth-order valence-electron chi connectivity index (χ4n) is 5.06. The number of benzene rings is 3. The second-order valence-electron chi connectivity index (χ2n) is 11.6. The van der Waals surface area contributed by atoms with Gasteiger partial charge in [-0.05, 0) is 52.4 Å². The second-order valence-corrected chi connectivity index (χ2v) is 13.0. The van der Waals surface area contributed by atoms with E-state index in [-0.39, 0.29) is 17.1 Å². The number of anilines is 1. The van der Waals surface area contributed by atoms with Crippen LogP contribution in [0.2, 0.25) is 5.02 Å². The van der Waals surface area contributed by atoms with Gasteiger partial charge in [0, 0.05) is 55.4 Å². The molecule has 3 aromatic carbocycles. The molecule has 0 unspecified atom stereocenters. The minimum absolute atomic E-state index is 0.0268. The van der Waals surface area contributed by atoms with Crippen LogP contribution in [-0.2, 0) is 25.0 Å². The van der Waals surface area contributed by atoms with Crippen molar-refractivity contribution in [3.63, 3.8) is 0 Å². The van der Waals surface area contributed by atoms with Gasteiger partial charge in [-0.1, -0.05) is 74.8 Å². The molecule has 1 aliphatic heterocycles. The smallest absolute Gasteiger partial charge is 0.273 e. The molecule has 1 aliphatic rings. The van der Waals surface area contributed by atoms with E-state index in [0.29, 0.717) is 36.9 Å². The number of hydrogen-bond acceptors (Lipinski definition) is 5. The topological polar surface area (TPSA) is 39.7 Å². The molecule has 1 saturated heterocycles. The third-order valence-electron chi connectivity index (χ3n) is 7.42. The van der Waals surface area contributed by atoms with Gasteiger partial charge < -0.3 is 9.80 Å². The maximum Gasteiger partial charge on any atom is 0.273 e. The molecular formula is C33H36ClFN4OS. The van der Waals surface area contributed by atoms with Crippen molar-refractivity contribution in [3.05, 3.63) is 116 Å². The molecule has 0 spiro atoms. The Bertz CT molecular complexity index is 1460. The Balaban J connectivity index is 1.25. The number of hydrogen-bond donors (Lipinski definition) is 0. The van der Waals surface area contributed by atoms with E-state index < -0.39 is 0 Å².